The molecule has 10 heteroatoms. The summed E-state index contributed by atoms with van der Waals surface area (Å²) < 4.78 is 23.6. The van der Waals surface area contributed by atoms with Crippen LogP contribution >= 0.6 is 0 Å². The fraction of sp³-hybridized carbons (Fsp3) is 0.538. The molecule has 1 aliphatic rings. The molecule has 9 nitrogen and oxygen atoms in total. The van der Waals surface area contributed by atoms with Crippen LogP contribution < -0.4 is 10.9 Å². The average Bonchev–Trinajstić information content (AvgIpc) is 2.91. The van der Waals surface area contributed by atoms with Gasteiger partial charge in [-0.1, -0.05) is 0 Å². The number of aromatic nitrogens is 1. The van der Waals surface area contributed by atoms with Gasteiger partial charge in [0.2, 0.25) is 0 Å². The Morgan fingerprint density at radius 1 is 1.39 bits per heavy atom. The quantitative estimate of drug-likeness (QED) is 0.611. The van der Waals surface area contributed by atoms with Crippen LogP contribution in [-0.2, 0) is 15.0 Å². The van der Waals surface area contributed by atoms with Crippen molar-refractivity contribution in [2.45, 2.75) is 31.7 Å². The Hall–Kier alpha value is -1.91. The number of nitrogens with two attached hydrogens (primary N) is 1. The molecule has 128 valence electrons. The maximum absolute atomic E-state index is 11.9. The topological polar surface area (TPSA) is 150 Å². The molecule has 1 aromatic heterocycles. The highest BCUT2D eigenvalue weighted by Gasteiger charge is 2.31. The molecule has 1 saturated heterocycles. The predicted molar refractivity (Wildman–Crippen MR) is 80.8 cm³/mol. The second-order valence-electron chi connectivity index (χ2n) is 5.77. The third-order valence-corrected chi connectivity index (χ3v) is 4.88. The lowest BCUT2D eigenvalue weighted by Gasteiger charge is -2.32. The summed E-state index contributed by atoms with van der Waals surface area (Å²) in [7, 11) is -4.17. The summed E-state index contributed by atoms with van der Waals surface area (Å²) in [6.07, 6.45) is 2.28. The number of amides is 1. The number of piperidine rings is 1. The van der Waals surface area contributed by atoms with E-state index in [-0.39, 0.29) is 23.6 Å². The lowest BCUT2D eigenvalue weighted by molar-refractivity contribution is -0.400. The Morgan fingerprint density at radius 3 is 2.39 bits per heavy atom. The minimum atomic E-state index is -4.17. The summed E-state index contributed by atoms with van der Waals surface area (Å²) in [5.41, 5.74) is 3.81. The number of nitrogens with zero attached hydrogens (tertiary/aromatic N) is 2. The molecular weight excluding hydrogens is 324 g/mol. The minimum Gasteiger partial charge on any atom is -0.477 e. The van der Waals surface area contributed by atoms with Gasteiger partial charge in [0.05, 0.1) is 0 Å². The first-order valence-corrected chi connectivity index (χ1v) is 8.73. The van der Waals surface area contributed by atoms with E-state index in [1.165, 1.54) is 6.07 Å². The van der Waals surface area contributed by atoms with Gasteiger partial charge in [-0.05, 0) is 37.3 Å². The first-order chi connectivity index (χ1) is 10.6. The first kappa shape index (κ1) is 17.4. The molecule has 0 spiro atoms. The Kier molecular flexibility index (Phi) is 4.78. The SMILES string of the molecule is CC([NH3+])C(=O)N1CCC(c2ccn(S(N)(=O)=O)c2C(=O)O)CC1. The third kappa shape index (κ3) is 3.54. The monoisotopic (exact) mass is 345 g/mol. The zero-order valence-corrected chi connectivity index (χ0v) is 13.6. The zero-order valence-electron chi connectivity index (χ0n) is 12.8. The van der Waals surface area contributed by atoms with Crippen LogP contribution in [0, 0.1) is 0 Å². The number of likely N-dealkylation sites (tertiary alicyclic amines) is 1. The molecular formula is C13H21N4O5S+. The predicted octanol–water partition coefficient (Wildman–Crippen LogP) is -1.43. The van der Waals surface area contributed by atoms with E-state index in [4.69, 9.17) is 5.14 Å². The van der Waals surface area contributed by atoms with Crippen LogP contribution in [0.5, 0.6) is 0 Å². The van der Waals surface area contributed by atoms with E-state index in [1.54, 1.807) is 11.8 Å². The fourth-order valence-corrected chi connectivity index (χ4v) is 3.58. The van der Waals surface area contributed by atoms with Crippen LogP contribution in [0.1, 0.15) is 41.7 Å². The summed E-state index contributed by atoms with van der Waals surface area (Å²) in [6, 6.07) is 1.14. The zero-order chi connectivity index (χ0) is 17.4. The molecule has 0 radical (unpaired) electrons. The first-order valence-electron chi connectivity index (χ1n) is 7.22. The van der Waals surface area contributed by atoms with E-state index in [0.717, 1.165) is 6.20 Å². The highest BCUT2D eigenvalue weighted by molar-refractivity contribution is 7.87. The van der Waals surface area contributed by atoms with Crippen LogP contribution in [-0.4, -0.2) is 53.4 Å². The van der Waals surface area contributed by atoms with Crippen molar-refractivity contribution >= 4 is 22.1 Å². The number of carbonyl (C=O) groups excluding carboxylic acids is 1. The maximum atomic E-state index is 11.9. The van der Waals surface area contributed by atoms with Gasteiger partial charge in [0.25, 0.3) is 5.91 Å². The lowest BCUT2D eigenvalue weighted by Crippen LogP contribution is -2.66. The Bertz CT molecular complexity index is 717. The minimum absolute atomic E-state index is 0.0379. The number of aromatic carboxylic acids is 1. The molecule has 23 heavy (non-hydrogen) atoms. The lowest BCUT2D eigenvalue weighted by atomic mass is 9.89. The van der Waals surface area contributed by atoms with Crippen LogP contribution in [0.2, 0.25) is 0 Å². The standard InChI is InChI=1S/C13H20N4O5S/c1-8(14)12(18)16-5-2-9(3-6-16)10-4-7-17(23(15,21)22)11(10)13(19)20/h4,7-9H,2-3,5-6,14H2,1H3,(H,19,20)(H2,15,21,22)/p+1. The van der Waals surface area contributed by atoms with Gasteiger partial charge in [-0.15, -0.1) is 0 Å². The number of hydrogen-bond donors (Lipinski definition) is 3. The van der Waals surface area contributed by atoms with Crippen LogP contribution in [0.15, 0.2) is 12.3 Å². The summed E-state index contributed by atoms with van der Waals surface area (Å²) in [6.45, 7) is 2.70. The number of carboxylic acid groups (broad SMARTS) is 1. The van der Waals surface area contributed by atoms with Gasteiger partial charge >= 0.3 is 16.2 Å². The molecule has 0 aromatic carbocycles. The number of hydrogen-bond acceptors (Lipinski definition) is 4. The number of carbonyl (C=O) groups is 2. The van der Waals surface area contributed by atoms with Crippen LogP contribution in [0.25, 0.3) is 0 Å². The largest absolute Gasteiger partial charge is 0.477 e. The summed E-state index contributed by atoms with van der Waals surface area (Å²) in [5, 5.41) is 14.4. The highest BCUT2D eigenvalue weighted by atomic mass is 32.2. The van der Waals surface area contributed by atoms with Crippen molar-refractivity contribution in [3.63, 3.8) is 0 Å². The van der Waals surface area contributed by atoms with Crippen molar-refractivity contribution in [1.29, 1.82) is 0 Å². The molecule has 6 N–H and O–H groups in total. The molecule has 1 amide bonds. The van der Waals surface area contributed by atoms with Crippen LogP contribution in [0.4, 0.5) is 0 Å². The third-order valence-electron chi connectivity index (χ3n) is 4.03. The fourth-order valence-electron chi connectivity index (χ4n) is 2.91. The summed E-state index contributed by atoms with van der Waals surface area (Å²) in [5.74, 6) is -1.51. The molecule has 0 aliphatic carbocycles. The van der Waals surface area contributed by atoms with Gasteiger partial charge in [-0.3, -0.25) is 4.79 Å². The Balaban J connectivity index is 2.24. The van der Waals surface area contributed by atoms with Gasteiger partial charge in [-0.2, -0.15) is 8.42 Å². The second kappa shape index (κ2) is 6.30. The van der Waals surface area contributed by atoms with Gasteiger partial charge in [0.1, 0.15) is 5.69 Å². The molecule has 0 bridgehead atoms. The van der Waals surface area contributed by atoms with Crippen LogP contribution in [0.3, 0.4) is 0 Å². The Labute approximate surface area is 134 Å². The normalized spacial score (nSPS) is 18.0. The van der Waals surface area contributed by atoms with E-state index in [2.05, 4.69) is 5.73 Å². The number of rotatable bonds is 4. The molecule has 1 atom stereocenters. The van der Waals surface area contributed by atoms with Gasteiger partial charge < -0.3 is 15.7 Å². The van der Waals surface area contributed by atoms with Gasteiger partial charge in [0.15, 0.2) is 6.04 Å². The average molecular weight is 345 g/mol. The van der Waals surface area contributed by atoms with Crippen molar-refractivity contribution in [2.75, 3.05) is 13.1 Å². The van der Waals surface area contributed by atoms with Gasteiger partial charge in [-0.25, -0.2) is 13.9 Å². The summed E-state index contributed by atoms with van der Waals surface area (Å²) in [4.78, 5) is 25.1. The maximum Gasteiger partial charge on any atom is 0.353 e. The Morgan fingerprint density at radius 2 is 1.96 bits per heavy atom. The molecule has 1 aromatic rings. The van der Waals surface area contributed by atoms with E-state index in [0.29, 0.717) is 35.5 Å². The van der Waals surface area contributed by atoms with E-state index < -0.39 is 16.2 Å². The number of quaternary nitrogens is 1. The van der Waals surface area contributed by atoms with E-state index >= 15 is 0 Å². The molecule has 2 heterocycles. The number of carboxylic acids is 1. The van der Waals surface area contributed by atoms with Crippen molar-refractivity contribution in [1.82, 2.24) is 8.87 Å². The van der Waals surface area contributed by atoms with E-state index in [9.17, 15) is 23.1 Å². The van der Waals surface area contributed by atoms with Crippen molar-refractivity contribution in [2.24, 2.45) is 5.14 Å². The van der Waals surface area contributed by atoms with Crippen molar-refractivity contribution in [3.8, 4) is 0 Å². The van der Waals surface area contributed by atoms with E-state index in [1.807, 2.05) is 0 Å². The molecule has 1 unspecified atom stereocenters. The summed E-state index contributed by atoms with van der Waals surface area (Å²) >= 11 is 0. The molecule has 2 rings (SSSR count). The van der Waals surface area contributed by atoms with Crippen molar-refractivity contribution < 1.29 is 28.8 Å². The second-order valence-corrected chi connectivity index (χ2v) is 7.19. The van der Waals surface area contributed by atoms with Crippen molar-refractivity contribution in [3.05, 3.63) is 23.5 Å². The molecule has 1 aliphatic heterocycles. The molecule has 1 fully saturated rings. The smallest absolute Gasteiger partial charge is 0.353 e. The molecule has 0 saturated carbocycles. The van der Waals surface area contributed by atoms with Gasteiger partial charge in [0, 0.05) is 19.3 Å². The highest BCUT2D eigenvalue weighted by Crippen LogP contribution is 2.31.